The van der Waals surface area contributed by atoms with E-state index >= 15 is 0 Å². The zero-order valence-electron chi connectivity index (χ0n) is 14.5. The van der Waals surface area contributed by atoms with Gasteiger partial charge in [0.1, 0.15) is 18.0 Å². The van der Waals surface area contributed by atoms with Gasteiger partial charge >= 0.3 is 0 Å². The molecule has 0 saturated carbocycles. The van der Waals surface area contributed by atoms with Crippen molar-refractivity contribution in [3.8, 4) is 0 Å². The zero-order chi connectivity index (χ0) is 16.9. The molecule has 0 aliphatic carbocycles. The molecule has 0 unspecified atom stereocenters. The topological polar surface area (TPSA) is 62.6 Å². The molecular formula is C17H25N7O. The van der Waals surface area contributed by atoms with Crippen molar-refractivity contribution in [3.63, 3.8) is 0 Å². The highest BCUT2D eigenvalue weighted by Crippen LogP contribution is 2.19. The van der Waals surface area contributed by atoms with Crippen molar-refractivity contribution in [1.82, 2.24) is 24.6 Å². The van der Waals surface area contributed by atoms with Gasteiger partial charge in [-0.15, -0.1) is 0 Å². The molecule has 2 aliphatic heterocycles. The Labute approximate surface area is 148 Å². The van der Waals surface area contributed by atoms with Crippen LogP contribution < -0.4 is 9.80 Å². The predicted molar refractivity (Wildman–Crippen MR) is 95.9 cm³/mol. The van der Waals surface area contributed by atoms with Gasteiger partial charge in [0.2, 0.25) is 0 Å². The highest BCUT2D eigenvalue weighted by molar-refractivity contribution is 5.50. The minimum absolute atomic E-state index is 0.772. The summed E-state index contributed by atoms with van der Waals surface area (Å²) in [6.07, 6.45) is 5.54. The maximum atomic E-state index is 5.42. The number of aromatic nitrogens is 4. The Kier molecular flexibility index (Phi) is 5.08. The Bertz CT molecular complexity index is 649. The summed E-state index contributed by atoms with van der Waals surface area (Å²) < 4.78 is 7.41. The fourth-order valence-electron chi connectivity index (χ4n) is 3.35. The summed E-state index contributed by atoms with van der Waals surface area (Å²) in [4.78, 5) is 16.1. The Morgan fingerprint density at radius 2 is 1.60 bits per heavy atom. The van der Waals surface area contributed by atoms with E-state index in [1.807, 2.05) is 23.1 Å². The number of nitrogens with zero attached hydrogens (tertiary/aromatic N) is 7. The van der Waals surface area contributed by atoms with Gasteiger partial charge < -0.3 is 14.5 Å². The molecule has 25 heavy (non-hydrogen) atoms. The number of hydrogen-bond donors (Lipinski definition) is 0. The Balaban J connectivity index is 1.31. The normalized spacial score (nSPS) is 19.4. The lowest BCUT2D eigenvalue weighted by Crippen LogP contribution is -2.47. The molecule has 8 nitrogen and oxygen atoms in total. The van der Waals surface area contributed by atoms with Crippen molar-refractivity contribution in [1.29, 1.82) is 0 Å². The summed E-state index contributed by atoms with van der Waals surface area (Å²) in [6, 6.07) is 4.09. The van der Waals surface area contributed by atoms with E-state index in [1.165, 1.54) is 0 Å². The van der Waals surface area contributed by atoms with Gasteiger partial charge in [-0.2, -0.15) is 5.10 Å². The molecule has 0 N–H and O–H groups in total. The van der Waals surface area contributed by atoms with Gasteiger partial charge in [0.15, 0.2) is 0 Å². The van der Waals surface area contributed by atoms with Crippen molar-refractivity contribution < 1.29 is 4.74 Å². The fraction of sp³-hybridized carbons (Fsp3) is 0.588. The molecule has 2 fully saturated rings. The van der Waals surface area contributed by atoms with E-state index in [0.717, 1.165) is 77.2 Å². The van der Waals surface area contributed by atoms with E-state index < -0.39 is 0 Å². The first-order valence-corrected chi connectivity index (χ1v) is 8.98. The molecule has 0 aromatic carbocycles. The maximum absolute atomic E-state index is 5.42. The molecule has 2 aliphatic rings. The van der Waals surface area contributed by atoms with Crippen LogP contribution in [0.3, 0.4) is 0 Å². The van der Waals surface area contributed by atoms with E-state index in [-0.39, 0.29) is 0 Å². The quantitative estimate of drug-likeness (QED) is 0.775. The molecule has 2 aromatic heterocycles. The molecule has 4 heterocycles. The number of rotatable bonds is 5. The van der Waals surface area contributed by atoms with Crippen LogP contribution in [0.4, 0.5) is 11.6 Å². The van der Waals surface area contributed by atoms with Crippen molar-refractivity contribution in [2.45, 2.75) is 6.54 Å². The average Bonchev–Trinajstić information content (AvgIpc) is 3.21. The predicted octanol–water partition coefficient (Wildman–Crippen LogP) is 0.332. The highest BCUT2D eigenvalue weighted by Gasteiger charge is 2.20. The summed E-state index contributed by atoms with van der Waals surface area (Å²) in [5.41, 5.74) is 0. The van der Waals surface area contributed by atoms with Gasteiger partial charge in [-0.1, -0.05) is 0 Å². The van der Waals surface area contributed by atoms with E-state index in [9.17, 15) is 0 Å². The van der Waals surface area contributed by atoms with E-state index in [4.69, 9.17) is 4.74 Å². The molecule has 134 valence electrons. The summed E-state index contributed by atoms with van der Waals surface area (Å²) in [6.45, 7) is 9.44. The molecule has 2 aromatic rings. The first-order chi connectivity index (χ1) is 12.4. The zero-order valence-corrected chi connectivity index (χ0v) is 14.5. The third kappa shape index (κ3) is 4.08. The van der Waals surface area contributed by atoms with Crippen LogP contribution in [0.25, 0.3) is 0 Å². The number of anilines is 2. The maximum Gasteiger partial charge on any atom is 0.134 e. The summed E-state index contributed by atoms with van der Waals surface area (Å²) in [7, 11) is 0. The molecule has 2 saturated heterocycles. The molecular weight excluding hydrogens is 318 g/mol. The van der Waals surface area contributed by atoms with Crippen molar-refractivity contribution >= 4 is 11.6 Å². The molecule has 0 amide bonds. The second kappa shape index (κ2) is 7.79. The van der Waals surface area contributed by atoms with E-state index in [0.29, 0.717) is 0 Å². The minimum Gasteiger partial charge on any atom is -0.378 e. The standard InChI is InChI=1S/C17H25N7O/c1-2-20-24(3-1)9-6-21-4-7-22(8-5-21)16-14-17(19-15-18-16)23-10-12-25-13-11-23/h1-3,14-15H,4-13H2. The molecule has 0 bridgehead atoms. The Hall–Kier alpha value is -2.19. The number of hydrogen-bond acceptors (Lipinski definition) is 7. The third-order valence-electron chi connectivity index (χ3n) is 4.87. The SMILES string of the molecule is c1cnn(CCN2CCN(c3cc(N4CCOCC4)ncn3)CC2)c1. The van der Waals surface area contributed by atoms with Gasteiger partial charge in [0.25, 0.3) is 0 Å². The molecule has 0 radical (unpaired) electrons. The lowest BCUT2D eigenvalue weighted by atomic mass is 10.3. The van der Waals surface area contributed by atoms with Crippen LogP contribution in [-0.4, -0.2) is 83.7 Å². The lowest BCUT2D eigenvalue weighted by molar-refractivity contribution is 0.122. The largest absolute Gasteiger partial charge is 0.378 e. The van der Waals surface area contributed by atoms with Crippen LogP contribution in [0.1, 0.15) is 0 Å². The van der Waals surface area contributed by atoms with Crippen LogP contribution in [0, 0.1) is 0 Å². The highest BCUT2D eigenvalue weighted by atomic mass is 16.5. The number of piperazine rings is 1. The first-order valence-electron chi connectivity index (χ1n) is 8.98. The van der Waals surface area contributed by atoms with Gasteiger partial charge in [-0.25, -0.2) is 9.97 Å². The Morgan fingerprint density at radius 3 is 2.28 bits per heavy atom. The number of morpholine rings is 1. The van der Waals surface area contributed by atoms with Gasteiger partial charge in [-0.3, -0.25) is 9.58 Å². The number of ether oxygens (including phenoxy) is 1. The van der Waals surface area contributed by atoms with E-state index in [2.05, 4.69) is 35.8 Å². The van der Waals surface area contributed by atoms with Crippen LogP contribution in [0.2, 0.25) is 0 Å². The first kappa shape index (κ1) is 16.3. The van der Waals surface area contributed by atoms with Gasteiger partial charge in [0, 0.05) is 64.3 Å². The monoisotopic (exact) mass is 343 g/mol. The van der Waals surface area contributed by atoms with Gasteiger partial charge in [0.05, 0.1) is 19.8 Å². The van der Waals surface area contributed by atoms with Crippen LogP contribution in [0.15, 0.2) is 30.9 Å². The van der Waals surface area contributed by atoms with Gasteiger partial charge in [-0.05, 0) is 6.07 Å². The lowest BCUT2D eigenvalue weighted by Gasteiger charge is -2.35. The van der Waals surface area contributed by atoms with E-state index in [1.54, 1.807) is 6.33 Å². The fourth-order valence-corrected chi connectivity index (χ4v) is 3.35. The van der Waals surface area contributed by atoms with Crippen molar-refractivity contribution in [3.05, 3.63) is 30.9 Å². The van der Waals surface area contributed by atoms with Crippen molar-refractivity contribution in [2.24, 2.45) is 0 Å². The van der Waals surface area contributed by atoms with Crippen LogP contribution >= 0.6 is 0 Å². The molecule has 0 atom stereocenters. The Morgan fingerprint density at radius 1 is 0.880 bits per heavy atom. The van der Waals surface area contributed by atoms with Crippen LogP contribution in [0.5, 0.6) is 0 Å². The summed E-state index contributed by atoms with van der Waals surface area (Å²) in [5, 5.41) is 4.27. The second-order valence-corrected chi connectivity index (χ2v) is 6.43. The average molecular weight is 343 g/mol. The summed E-state index contributed by atoms with van der Waals surface area (Å²) in [5.74, 6) is 2.04. The molecule has 8 heteroatoms. The molecule has 0 spiro atoms. The molecule has 4 rings (SSSR count). The second-order valence-electron chi connectivity index (χ2n) is 6.43. The minimum atomic E-state index is 0.772. The van der Waals surface area contributed by atoms with Crippen molar-refractivity contribution in [2.75, 3.05) is 68.8 Å². The van der Waals surface area contributed by atoms with Crippen LogP contribution in [-0.2, 0) is 11.3 Å². The summed E-state index contributed by atoms with van der Waals surface area (Å²) >= 11 is 0. The third-order valence-corrected chi connectivity index (χ3v) is 4.87. The smallest absolute Gasteiger partial charge is 0.134 e.